The van der Waals surface area contributed by atoms with Crippen LogP contribution in [0.3, 0.4) is 0 Å². The van der Waals surface area contributed by atoms with E-state index in [0.29, 0.717) is 21.7 Å². The zero-order chi connectivity index (χ0) is 19.2. The molecule has 0 aliphatic carbocycles. The number of fused-ring (bicyclic) bond motifs is 3. The van der Waals surface area contributed by atoms with Crippen molar-refractivity contribution in [3.8, 4) is 11.1 Å². The first kappa shape index (κ1) is 17.2. The monoisotopic (exact) mass is 382 g/mol. The van der Waals surface area contributed by atoms with Crippen LogP contribution in [0.25, 0.3) is 11.1 Å². The standard InChI is InChI=1S/C25H19O2P/c26-25(19-11-3-1-4-12-19)23-17-9-7-15-21(23)22-16-8-10-18-24(22)28(25,27)20-13-5-2-6-14-20/h1-18,26H. The predicted molar refractivity (Wildman–Crippen MR) is 115 cm³/mol. The minimum absolute atomic E-state index is 0.643. The molecule has 0 bridgehead atoms. The van der Waals surface area contributed by atoms with Crippen LogP contribution in [0.4, 0.5) is 0 Å². The van der Waals surface area contributed by atoms with Gasteiger partial charge in [-0.25, -0.2) is 0 Å². The molecule has 0 saturated carbocycles. The van der Waals surface area contributed by atoms with Gasteiger partial charge >= 0.3 is 0 Å². The van der Waals surface area contributed by atoms with Crippen LogP contribution >= 0.6 is 7.14 Å². The van der Waals surface area contributed by atoms with Crippen LogP contribution < -0.4 is 10.6 Å². The summed E-state index contributed by atoms with van der Waals surface area (Å²) in [5.74, 6) is 0. The Balaban J connectivity index is 1.98. The molecule has 136 valence electrons. The zero-order valence-electron chi connectivity index (χ0n) is 15.2. The van der Waals surface area contributed by atoms with Crippen LogP contribution in [-0.2, 0) is 9.91 Å². The number of hydrogen-bond donors (Lipinski definition) is 1. The lowest BCUT2D eigenvalue weighted by Gasteiger charge is -2.43. The van der Waals surface area contributed by atoms with Crippen LogP contribution in [0.2, 0.25) is 0 Å². The van der Waals surface area contributed by atoms with E-state index in [1.54, 1.807) is 0 Å². The Hall–Kier alpha value is -2.93. The molecule has 1 heterocycles. The van der Waals surface area contributed by atoms with Gasteiger partial charge in [0.25, 0.3) is 0 Å². The fourth-order valence-corrected chi connectivity index (χ4v) is 7.78. The van der Waals surface area contributed by atoms with Crippen LogP contribution in [-0.4, -0.2) is 5.11 Å². The molecule has 3 heteroatoms. The Labute approximate surface area is 164 Å². The van der Waals surface area contributed by atoms with Crippen molar-refractivity contribution >= 4 is 17.8 Å². The summed E-state index contributed by atoms with van der Waals surface area (Å²) < 4.78 is 15.0. The number of rotatable bonds is 2. The third-order valence-corrected chi connectivity index (χ3v) is 9.09. The van der Waals surface area contributed by atoms with Crippen molar-refractivity contribution < 1.29 is 9.67 Å². The summed E-state index contributed by atoms with van der Waals surface area (Å²) in [4.78, 5) is 0. The average Bonchev–Trinajstić information content (AvgIpc) is 2.78. The molecule has 0 amide bonds. The van der Waals surface area contributed by atoms with Gasteiger partial charge < -0.3 is 9.67 Å². The van der Waals surface area contributed by atoms with Gasteiger partial charge in [-0.3, -0.25) is 0 Å². The van der Waals surface area contributed by atoms with Crippen LogP contribution in [0.1, 0.15) is 11.1 Å². The molecule has 2 atom stereocenters. The zero-order valence-corrected chi connectivity index (χ0v) is 16.1. The van der Waals surface area contributed by atoms with Gasteiger partial charge in [0.1, 0.15) is 0 Å². The largest absolute Gasteiger partial charge is 0.373 e. The Morgan fingerprint density at radius 1 is 0.607 bits per heavy atom. The van der Waals surface area contributed by atoms with Gasteiger partial charge in [-0.05, 0) is 16.7 Å². The van der Waals surface area contributed by atoms with Crippen molar-refractivity contribution in [3.05, 3.63) is 120 Å². The number of hydrogen-bond acceptors (Lipinski definition) is 2. The van der Waals surface area contributed by atoms with Gasteiger partial charge in [0.2, 0.25) is 0 Å². The maximum Gasteiger partial charge on any atom is 0.182 e. The van der Waals surface area contributed by atoms with Gasteiger partial charge in [0, 0.05) is 16.2 Å². The molecular weight excluding hydrogens is 363 g/mol. The molecule has 0 aromatic heterocycles. The van der Waals surface area contributed by atoms with E-state index in [2.05, 4.69) is 0 Å². The fourth-order valence-electron chi connectivity index (χ4n) is 4.31. The van der Waals surface area contributed by atoms with Crippen molar-refractivity contribution in [2.24, 2.45) is 0 Å². The highest BCUT2D eigenvalue weighted by Crippen LogP contribution is 2.67. The highest BCUT2D eigenvalue weighted by Gasteiger charge is 2.55. The molecule has 0 saturated heterocycles. The minimum atomic E-state index is -3.48. The number of benzene rings is 4. The first-order chi connectivity index (χ1) is 13.7. The highest BCUT2D eigenvalue weighted by atomic mass is 31.2. The van der Waals surface area contributed by atoms with Gasteiger partial charge in [-0.15, -0.1) is 0 Å². The molecule has 2 unspecified atom stereocenters. The maximum absolute atomic E-state index is 15.0. The van der Waals surface area contributed by atoms with Gasteiger partial charge in [0.05, 0.1) is 0 Å². The van der Waals surface area contributed by atoms with Gasteiger partial charge in [-0.1, -0.05) is 109 Å². The Morgan fingerprint density at radius 3 is 1.86 bits per heavy atom. The normalized spacial score (nSPS) is 22.9. The predicted octanol–water partition coefficient (Wildman–Crippen LogP) is 4.87. The molecule has 0 spiro atoms. The van der Waals surface area contributed by atoms with E-state index >= 15 is 4.57 Å². The Bertz CT molecular complexity index is 1200. The maximum atomic E-state index is 15.0. The second-order valence-electron chi connectivity index (χ2n) is 7.05. The van der Waals surface area contributed by atoms with Gasteiger partial charge in [-0.2, -0.15) is 0 Å². The van der Waals surface area contributed by atoms with E-state index in [4.69, 9.17) is 0 Å². The van der Waals surface area contributed by atoms with E-state index in [-0.39, 0.29) is 0 Å². The third-order valence-electron chi connectivity index (χ3n) is 5.59. The summed E-state index contributed by atoms with van der Waals surface area (Å²) in [6, 6.07) is 34.3. The molecule has 1 aliphatic heterocycles. The lowest BCUT2D eigenvalue weighted by Crippen LogP contribution is -2.40. The Kier molecular flexibility index (Phi) is 3.87. The van der Waals surface area contributed by atoms with Gasteiger partial charge in [0.15, 0.2) is 12.5 Å². The van der Waals surface area contributed by atoms with E-state index in [1.165, 1.54) is 0 Å². The van der Waals surface area contributed by atoms with Crippen LogP contribution in [0.5, 0.6) is 0 Å². The lowest BCUT2D eigenvalue weighted by atomic mass is 9.91. The summed E-state index contributed by atoms with van der Waals surface area (Å²) in [5.41, 5.74) is 3.17. The van der Waals surface area contributed by atoms with Crippen molar-refractivity contribution in [1.29, 1.82) is 0 Å². The average molecular weight is 382 g/mol. The topological polar surface area (TPSA) is 37.3 Å². The molecular formula is C25H19O2P. The molecule has 0 radical (unpaired) electrons. The first-order valence-electron chi connectivity index (χ1n) is 9.30. The van der Waals surface area contributed by atoms with E-state index < -0.39 is 12.5 Å². The quantitative estimate of drug-likeness (QED) is 0.502. The SMILES string of the molecule is O=P1(c2ccccc2)c2ccccc2-c2ccccc2C1(O)c1ccccc1. The summed E-state index contributed by atoms with van der Waals surface area (Å²) in [6.07, 6.45) is 0. The lowest BCUT2D eigenvalue weighted by molar-refractivity contribution is 0.168. The second kappa shape index (κ2) is 6.31. The fraction of sp³-hybridized carbons (Fsp3) is 0.0400. The summed E-state index contributed by atoms with van der Waals surface area (Å²) in [6.45, 7) is 0. The summed E-state index contributed by atoms with van der Waals surface area (Å²) >= 11 is 0. The smallest absolute Gasteiger partial charge is 0.182 e. The molecule has 0 fully saturated rings. The molecule has 5 rings (SSSR count). The Morgan fingerprint density at radius 2 is 1.14 bits per heavy atom. The minimum Gasteiger partial charge on any atom is -0.373 e. The van der Waals surface area contributed by atoms with Crippen LogP contribution in [0, 0.1) is 0 Å². The van der Waals surface area contributed by atoms with E-state index in [9.17, 15) is 5.11 Å². The number of aliphatic hydroxyl groups is 1. The van der Waals surface area contributed by atoms with E-state index in [0.717, 1.165) is 11.1 Å². The molecule has 1 aliphatic rings. The summed E-state index contributed by atoms with van der Waals surface area (Å²) in [7, 11) is -3.48. The van der Waals surface area contributed by atoms with Crippen molar-refractivity contribution in [3.63, 3.8) is 0 Å². The van der Waals surface area contributed by atoms with Crippen molar-refractivity contribution in [2.45, 2.75) is 5.34 Å². The second-order valence-corrected chi connectivity index (χ2v) is 9.91. The molecule has 4 aromatic carbocycles. The van der Waals surface area contributed by atoms with E-state index in [1.807, 2.05) is 109 Å². The highest BCUT2D eigenvalue weighted by molar-refractivity contribution is 7.80. The summed E-state index contributed by atoms with van der Waals surface area (Å²) in [5, 5.41) is 12.1. The molecule has 4 aromatic rings. The molecule has 1 N–H and O–H groups in total. The first-order valence-corrected chi connectivity index (χ1v) is 11.0. The van der Waals surface area contributed by atoms with Crippen molar-refractivity contribution in [1.82, 2.24) is 0 Å². The molecule has 2 nitrogen and oxygen atoms in total. The van der Waals surface area contributed by atoms with Crippen LogP contribution in [0.15, 0.2) is 109 Å². The molecule has 28 heavy (non-hydrogen) atoms. The van der Waals surface area contributed by atoms with Crippen molar-refractivity contribution in [2.75, 3.05) is 0 Å². The third kappa shape index (κ3) is 2.16.